The molecule has 1 unspecified atom stereocenters. The first kappa shape index (κ1) is 16.2. The quantitative estimate of drug-likeness (QED) is 0.765. The lowest BCUT2D eigenvalue weighted by molar-refractivity contribution is -0.121. The van der Waals surface area contributed by atoms with Gasteiger partial charge in [0.15, 0.2) is 5.78 Å². The summed E-state index contributed by atoms with van der Waals surface area (Å²) in [6, 6.07) is 6.66. The molecule has 0 aromatic heterocycles. The number of ether oxygens (including phenoxy) is 1. The Labute approximate surface area is 119 Å². The Morgan fingerprint density at radius 3 is 2.35 bits per heavy atom. The lowest BCUT2D eigenvalue weighted by Crippen LogP contribution is -2.44. The molecular weight excluding hydrogens is 256 g/mol. The van der Waals surface area contributed by atoms with Gasteiger partial charge in [-0.25, -0.2) is 0 Å². The molecule has 1 aromatic rings. The highest BCUT2D eigenvalue weighted by molar-refractivity contribution is 6.00. The number of likely N-dealkylation sites (N-methyl/N-ethyl adjacent to an activating group) is 2. The SMILES string of the molecule is CCN(CC(=O)NC)C(C)C(=O)c1ccc(OC)cc1. The average molecular weight is 278 g/mol. The summed E-state index contributed by atoms with van der Waals surface area (Å²) in [4.78, 5) is 25.7. The van der Waals surface area contributed by atoms with E-state index < -0.39 is 0 Å². The zero-order chi connectivity index (χ0) is 15.1. The van der Waals surface area contributed by atoms with Crippen molar-refractivity contribution in [1.29, 1.82) is 0 Å². The molecule has 0 saturated heterocycles. The number of carbonyl (C=O) groups excluding carboxylic acids is 2. The summed E-state index contributed by atoms with van der Waals surface area (Å²) in [5, 5.41) is 2.57. The van der Waals surface area contributed by atoms with Crippen LogP contribution in [0.2, 0.25) is 0 Å². The van der Waals surface area contributed by atoms with Crippen molar-refractivity contribution in [3.05, 3.63) is 29.8 Å². The Kier molecular flexibility index (Phi) is 6.18. The van der Waals surface area contributed by atoms with Gasteiger partial charge in [0.2, 0.25) is 5.91 Å². The van der Waals surface area contributed by atoms with Gasteiger partial charge in [-0.1, -0.05) is 6.92 Å². The van der Waals surface area contributed by atoms with Gasteiger partial charge in [0.25, 0.3) is 0 Å². The van der Waals surface area contributed by atoms with Crippen molar-refractivity contribution in [1.82, 2.24) is 10.2 Å². The van der Waals surface area contributed by atoms with E-state index in [1.165, 1.54) is 0 Å². The molecule has 0 radical (unpaired) electrons. The van der Waals surface area contributed by atoms with Crippen LogP contribution in [0.25, 0.3) is 0 Å². The lowest BCUT2D eigenvalue weighted by Gasteiger charge is -2.25. The number of nitrogens with one attached hydrogen (secondary N) is 1. The first-order chi connectivity index (χ1) is 9.53. The molecular formula is C15H22N2O3. The number of ketones is 1. The minimum Gasteiger partial charge on any atom is -0.497 e. The van der Waals surface area contributed by atoms with E-state index in [0.717, 1.165) is 0 Å². The molecule has 20 heavy (non-hydrogen) atoms. The van der Waals surface area contributed by atoms with E-state index in [1.54, 1.807) is 38.4 Å². The summed E-state index contributed by atoms with van der Waals surface area (Å²) in [7, 11) is 3.17. The van der Waals surface area contributed by atoms with Crippen LogP contribution in [-0.2, 0) is 4.79 Å². The fourth-order valence-corrected chi connectivity index (χ4v) is 1.95. The van der Waals surface area contributed by atoms with E-state index in [1.807, 2.05) is 18.7 Å². The molecule has 1 N–H and O–H groups in total. The molecule has 110 valence electrons. The molecule has 0 aliphatic rings. The summed E-state index contributed by atoms with van der Waals surface area (Å²) in [6.45, 7) is 4.60. The normalized spacial score (nSPS) is 12.1. The Morgan fingerprint density at radius 2 is 1.90 bits per heavy atom. The predicted molar refractivity (Wildman–Crippen MR) is 78.1 cm³/mol. The molecule has 5 nitrogen and oxygen atoms in total. The molecule has 0 fully saturated rings. The van der Waals surface area contributed by atoms with E-state index in [9.17, 15) is 9.59 Å². The van der Waals surface area contributed by atoms with Gasteiger partial charge in [0.1, 0.15) is 5.75 Å². The topological polar surface area (TPSA) is 58.6 Å². The molecule has 5 heteroatoms. The highest BCUT2D eigenvalue weighted by Gasteiger charge is 2.22. The van der Waals surface area contributed by atoms with Crippen molar-refractivity contribution >= 4 is 11.7 Å². The fraction of sp³-hybridized carbons (Fsp3) is 0.467. The fourth-order valence-electron chi connectivity index (χ4n) is 1.95. The monoisotopic (exact) mass is 278 g/mol. The van der Waals surface area contributed by atoms with Crippen molar-refractivity contribution in [3.63, 3.8) is 0 Å². The second-order valence-corrected chi connectivity index (χ2v) is 4.50. The van der Waals surface area contributed by atoms with Gasteiger partial charge >= 0.3 is 0 Å². The van der Waals surface area contributed by atoms with Crippen LogP contribution >= 0.6 is 0 Å². The van der Waals surface area contributed by atoms with Crippen molar-refractivity contribution in [3.8, 4) is 5.75 Å². The molecule has 0 aliphatic carbocycles. The van der Waals surface area contributed by atoms with Crippen molar-refractivity contribution in [2.75, 3.05) is 27.2 Å². The molecule has 0 saturated carbocycles. The maximum Gasteiger partial charge on any atom is 0.233 e. The molecule has 1 atom stereocenters. The summed E-state index contributed by atoms with van der Waals surface area (Å²) < 4.78 is 5.07. The van der Waals surface area contributed by atoms with Crippen LogP contribution in [0.4, 0.5) is 0 Å². The van der Waals surface area contributed by atoms with Crippen LogP contribution in [0.5, 0.6) is 5.75 Å². The smallest absolute Gasteiger partial charge is 0.233 e. The Bertz CT molecular complexity index is 457. The van der Waals surface area contributed by atoms with Crippen molar-refractivity contribution in [2.24, 2.45) is 0 Å². The molecule has 0 bridgehead atoms. The minimum absolute atomic E-state index is 0.00148. The van der Waals surface area contributed by atoms with Gasteiger partial charge in [-0.3, -0.25) is 14.5 Å². The van der Waals surface area contributed by atoms with Gasteiger partial charge in [0, 0.05) is 12.6 Å². The predicted octanol–water partition coefficient (Wildman–Crippen LogP) is 1.33. The number of amides is 1. The molecule has 1 amide bonds. The number of benzene rings is 1. The van der Waals surface area contributed by atoms with Crippen molar-refractivity contribution < 1.29 is 14.3 Å². The maximum absolute atomic E-state index is 12.4. The Morgan fingerprint density at radius 1 is 1.30 bits per heavy atom. The minimum atomic E-state index is -0.342. The summed E-state index contributed by atoms with van der Waals surface area (Å²) in [5.74, 6) is 0.617. The van der Waals surface area contributed by atoms with E-state index in [0.29, 0.717) is 17.9 Å². The summed E-state index contributed by atoms with van der Waals surface area (Å²) >= 11 is 0. The van der Waals surface area contributed by atoms with Crippen LogP contribution < -0.4 is 10.1 Å². The third-order valence-electron chi connectivity index (χ3n) is 3.33. The standard InChI is InChI=1S/C15H22N2O3/c1-5-17(10-14(18)16-3)11(2)15(19)12-6-8-13(20-4)9-7-12/h6-9,11H,5,10H2,1-4H3,(H,16,18). The number of methoxy groups -OCH3 is 1. The molecule has 0 aliphatic heterocycles. The van der Waals surface area contributed by atoms with E-state index in [2.05, 4.69) is 5.32 Å². The maximum atomic E-state index is 12.4. The average Bonchev–Trinajstić information content (AvgIpc) is 2.50. The van der Waals surface area contributed by atoms with Crippen LogP contribution in [0.3, 0.4) is 0 Å². The van der Waals surface area contributed by atoms with E-state index >= 15 is 0 Å². The first-order valence-corrected chi connectivity index (χ1v) is 6.66. The number of hydrogen-bond acceptors (Lipinski definition) is 4. The summed E-state index contributed by atoms with van der Waals surface area (Å²) in [5.41, 5.74) is 0.619. The van der Waals surface area contributed by atoms with Gasteiger partial charge in [-0.15, -0.1) is 0 Å². The van der Waals surface area contributed by atoms with Crippen molar-refractivity contribution in [2.45, 2.75) is 19.9 Å². The highest BCUT2D eigenvalue weighted by Crippen LogP contribution is 2.14. The van der Waals surface area contributed by atoms with Crippen LogP contribution in [0.1, 0.15) is 24.2 Å². The lowest BCUT2D eigenvalue weighted by atomic mass is 10.0. The number of rotatable bonds is 7. The second kappa shape index (κ2) is 7.65. The van der Waals surface area contributed by atoms with Crippen LogP contribution in [0.15, 0.2) is 24.3 Å². The third-order valence-corrected chi connectivity index (χ3v) is 3.33. The van der Waals surface area contributed by atoms with Gasteiger partial charge < -0.3 is 10.1 Å². The Balaban J connectivity index is 2.79. The first-order valence-electron chi connectivity index (χ1n) is 6.66. The number of Topliss-reactive ketones (excluding diaryl/α,β-unsaturated/α-hetero) is 1. The highest BCUT2D eigenvalue weighted by atomic mass is 16.5. The van der Waals surface area contributed by atoms with E-state index in [4.69, 9.17) is 4.74 Å². The van der Waals surface area contributed by atoms with Gasteiger partial charge in [-0.05, 0) is 37.7 Å². The number of carbonyl (C=O) groups is 2. The van der Waals surface area contributed by atoms with Crippen LogP contribution in [-0.4, -0.2) is 49.9 Å². The second-order valence-electron chi connectivity index (χ2n) is 4.50. The van der Waals surface area contributed by atoms with Gasteiger partial charge in [-0.2, -0.15) is 0 Å². The van der Waals surface area contributed by atoms with Gasteiger partial charge in [0.05, 0.1) is 19.7 Å². The molecule has 0 heterocycles. The molecule has 1 aromatic carbocycles. The van der Waals surface area contributed by atoms with Crippen LogP contribution in [0, 0.1) is 0 Å². The number of nitrogens with zero attached hydrogens (tertiary/aromatic N) is 1. The zero-order valence-corrected chi connectivity index (χ0v) is 12.5. The largest absolute Gasteiger partial charge is 0.497 e. The third kappa shape index (κ3) is 4.06. The molecule has 0 spiro atoms. The summed E-state index contributed by atoms with van der Waals surface area (Å²) in [6.07, 6.45) is 0. The number of hydrogen-bond donors (Lipinski definition) is 1. The zero-order valence-electron chi connectivity index (χ0n) is 12.5. The Hall–Kier alpha value is -1.88. The molecule has 1 rings (SSSR count). The van der Waals surface area contributed by atoms with E-state index in [-0.39, 0.29) is 24.3 Å².